The van der Waals surface area contributed by atoms with Gasteiger partial charge in [0.25, 0.3) is 5.91 Å². The number of amides is 2. The summed E-state index contributed by atoms with van der Waals surface area (Å²) in [6.07, 6.45) is -0.425. The van der Waals surface area contributed by atoms with Gasteiger partial charge >= 0.3 is 0 Å². The smallest absolute Gasteiger partial charge is 0.265 e. The van der Waals surface area contributed by atoms with E-state index in [0.717, 1.165) is 0 Å². The van der Waals surface area contributed by atoms with Crippen LogP contribution >= 0.6 is 11.6 Å². The van der Waals surface area contributed by atoms with Crippen molar-refractivity contribution >= 4 is 34.8 Å². The number of fused-ring (bicyclic) bond motifs is 2. The van der Waals surface area contributed by atoms with Gasteiger partial charge in [-0.05, 0) is 42.8 Å². The molecule has 0 bridgehead atoms. The second kappa shape index (κ2) is 7.00. The van der Waals surface area contributed by atoms with Gasteiger partial charge in [-0.2, -0.15) is 0 Å². The highest BCUT2D eigenvalue weighted by Crippen LogP contribution is 2.38. The molecule has 0 spiro atoms. The summed E-state index contributed by atoms with van der Waals surface area (Å²) in [7, 11) is 0. The number of halogens is 1. The zero-order valence-corrected chi connectivity index (χ0v) is 15.3. The van der Waals surface area contributed by atoms with Crippen molar-refractivity contribution in [1.29, 1.82) is 0 Å². The van der Waals surface area contributed by atoms with Crippen molar-refractivity contribution < 1.29 is 23.8 Å². The number of ether oxygens (including phenoxy) is 3. The molecule has 1 atom stereocenters. The Morgan fingerprint density at radius 1 is 1.22 bits per heavy atom. The number of benzene rings is 2. The Morgan fingerprint density at radius 3 is 2.89 bits per heavy atom. The lowest BCUT2D eigenvalue weighted by Crippen LogP contribution is -2.34. The van der Waals surface area contributed by atoms with E-state index in [-0.39, 0.29) is 18.2 Å². The molecule has 2 aromatic rings. The molecule has 27 heavy (non-hydrogen) atoms. The Hall–Kier alpha value is -2.93. The highest BCUT2D eigenvalue weighted by molar-refractivity contribution is 6.32. The number of nitrogens with one attached hydrogen (secondary N) is 2. The van der Waals surface area contributed by atoms with Crippen molar-refractivity contribution in [2.75, 3.05) is 23.8 Å². The number of carbonyl (C=O) groups excluding carboxylic acids is 2. The van der Waals surface area contributed by atoms with E-state index in [4.69, 9.17) is 25.8 Å². The summed E-state index contributed by atoms with van der Waals surface area (Å²) in [6, 6.07) is 8.53. The van der Waals surface area contributed by atoms with E-state index < -0.39 is 6.10 Å². The summed E-state index contributed by atoms with van der Waals surface area (Å²) in [4.78, 5) is 24.1. The Labute approximate surface area is 160 Å². The largest absolute Gasteiger partial charge is 0.486 e. The topological polar surface area (TPSA) is 85.9 Å². The molecule has 2 aromatic carbocycles. The fraction of sp³-hybridized carbons (Fsp3) is 0.263. The van der Waals surface area contributed by atoms with Crippen LogP contribution in [0.4, 0.5) is 11.4 Å². The summed E-state index contributed by atoms with van der Waals surface area (Å²) in [5.74, 6) is 1.17. The molecule has 2 N–H and O–H groups in total. The Bertz CT molecular complexity index is 931. The summed E-state index contributed by atoms with van der Waals surface area (Å²) in [5.41, 5.74) is 1.80. The third-order valence-electron chi connectivity index (χ3n) is 4.22. The SMILES string of the molecule is C[C@@H]1Oc2ccc(NC(=O)Cc3cc(Cl)c4c(c3)OCCO4)cc2NC1=O. The van der Waals surface area contributed by atoms with Gasteiger partial charge in [0, 0.05) is 5.69 Å². The molecule has 0 saturated carbocycles. The molecule has 2 amide bonds. The minimum atomic E-state index is -0.544. The average molecular weight is 389 g/mol. The first-order valence-electron chi connectivity index (χ1n) is 8.49. The summed E-state index contributed by atoms with van der Waals surface area (Å²) in [6.45, 7) is 2.57. The average Bonchev–Trinajstić information content (AvgIpc) is 2.63. The molecule has 8 heteroatoms. The summed E-state index contributed by atoms with van der Waals surface area (Å²) in [5, 5.41) is 5.97. The maximum atomic E-state index is 12.4. The number of hydrogen-bond donors (Lipinski definition) is 2. The van der Waals surface area contributed by atoms with Crippen molar-refractivity contribution in [3.05, 3.63) is 40.9 Å². The first-order chi connectivity index (χ1) is 13.0. The molecular weight excluding hydrogens is 372 g/mol. The molecule has 7 nitrogen and oxygen atoms in total. The molecule has 0 unspecified atom stereocenters. The van der Waals surface area contributed by atoms with Crippen LogP contribution in [0.15, 0.2) is 30.3 Å². The lowest BCUT2D eigenvalue weighted by Gasteiger charge is -2.23. The summed E-state index contributed by atoms with van der Waals surface area (Å²) < 4.78 is 16.5. The number of anilines is 2. The number of rotatable bonds is 3. The molecule has 0 aromatic heterocycles. The predicted octanol–water partition coefficient (Wildman–Crippen LogP) is 3.01. The molecule has 140 valence electrons. The maximum Gasteiger partial charge on any atom is 0.265 e. The van der Waals surface area contributed by atoms with Gasteiger partial charge in [0.05, 0.1) is 17.1 Å². The Kier molecular flexibility index (Phi) is 4.53. The molecule has 0 radical (unpaired) electrons. The van der Waals surface area contributed by atoms with Crippen LogP contribution in [0.25, 0.3) is 0 Å². The molecule has 0 fully saturated rings. The van der Waals surface area contributed by atoms with Gasteiger partial charge in [-0.25, -0.2) is 0 Å². The third-order valence-corrected chi connectivity index (χ3v) is 4.50. The maximum absolute atomic E-state index is 12.4. The van der Waals surface area contributed by atoms with Gasteiger partial charge in [-0.3, -0.25) is 9.59 Å². The van der Waals surface area contributed by atoms with Crippen LogP contribution in [-0.2, 0) is 16.0 Å². The summed E-state index contributed by atoms with van der Waals surface area (Å²) >= 11 is 6.21. The van der Waals surface area contributed by atoms with Crippen molar-refractivity contribution in [2.24, 2.45) is 0 Å². The van der Waals surface area contributed by atoms with Crippen LogP contribution in [-0.4, -0.2) is 31.1 Å². The third kappa shape index (κ3) is 3.64. The van der Waals surface area contributed by atoms with Crippen molar-refractivity contribution in [2.45, 2.75) is 19.4 Å². The van der Waals surface area contributed by atoms with Crippen LogP contribution in [0.2, 0.25) is 5.02 Å². The van der Waals surface area contributed by atoms with E-state index in [0.29, 0.717) is 52.4 Å². The second-order valence-corrected chi connectivity index (χ2v) is 6.69. The molecule has 2 heterocycles. The van der Waals surface area contributed by atoms with Gasteiger partial charge in [-0.1, -0.05) is 11.6 Å². The lowest BCUT2D eigenvalue weighted by molar-refractivity contribution is -0.122. The van der Waals surface area contributed by atoms with E-state index >= 15 is 0 Å². The normalized spacial score (nSPS) is 17.4. The molecule has 4 rings (SSSR count). The fourth-order valence-electron chi connectivity index (χ4n) is 2.94. The van der Waals surface area contributed by atoms with Crippen molar-refractivity contribution in [1.82, 2.24) is 0 Å². The zero-order chi connectivity index (χ0) is 19.0. The van der Waals surface area contributed by atoms with Crippen molar-refractivity contribution in [3.63, 3.8) is 0 Å². The van der Waals surface area contributed by atoms with Gasteiger partial charge in [0.2, 0.25) is 5.91 Å². The van der Waals surface area contributed by atoms with E-state index in [9.17, 15) is 9.59 Å². The van der Waals surface area contributed by atoms with Crippen LogP contribution in [0.3, 0.4) is 0 Å². The van der Waals surface area contributed by atoms with Crippen LogP contribution in [0.5, 0.6) is 17.2 Å². The van der Waals surface area contributed by atoms with Crippen LogP contribution < -0.4 is 24.8 Å². The molecule has 0 aliphatic carbocycles. The standard InChI is InChI=1S/C19H17ClN2O5/c1-10-19(24)22-14-9-12(2-3-15(14)27-10)21-17(23)8-11-6-13(20)18-16(7-11)25-4-5-26-18/h2-3,6-7,9-10H,4-5,8H2,1H3,(H,21,23)(H,22,24)/t10-/m0/s1. The first kappa shape index (κ1) is 17.5. The van der Waals surface area contributed by atoms with Crippen LogP contribution in [0.1, 0.15) is 12.5 Å². The highest BCUT2D eigenvalue weighted by Gasteiger charge is 2.24. The van der Waals surface area contributed by atoms with Gasteiger partial charge < -0.3 is 24.8 Å². The monoisotopic (exact) mass is 388 g/mol. The highest BCUT2D eigenvalue weighted by atomic mass is 35.5. The minimum Gasteiger partial charge on any atom is -0.486 e. The molecular formula is C19H17ClN2O5. The number of carbonyl (C=O) groups is 2. The molecule has 2 aliphatic heterocycles. The van der Waals surface area contributed by atoms with Gasteiger partial charge in [-0.15, -0.1) is 0 Å². The zero-order valence-electron chi connectivity index (χ0n) is 14.5. The quantitative estimate of drug-likeness (QED) is 0.844. The molecule has 0 saturated heterocycles. The van der Waals surface area contributed by atoms with Gasteiger partial charge in [0.15, 0.2) is 17.6 Å². The van der Waals surface area contributed by atoms with Gasteiger partial charge in [0.1, 0.15) is 19.0 Å². The Balaban J connectivity index is 1.46. The molecule has 2 aliphatic rings. The van der Waals surface area contributed by atoms with E-state index in [1.165, 1.54) is 0 Å². The predicted molar refractivity (Wildman–Crippen MR) is 99.9 cm³/mol. The lowest BCUT2D eigenvalue weighted by atomic mass is 10.1. The van der Waals surface area contributed by atoms with E-state index in [1.807, 2.05) is 0 Å². The van der Waals surface area contributed by atoms with Crippen LogP contribution in [0, 0.1) is 0 Å². The van der Waals surface area contributed by atoms with E-state index in [1.54, 1.807) is 37.3 Å². The van der Waals surface area contributed by atoms with Crippen molar-refractivity contribution in [3.8, 4) is 17.2 Å². The van der Waals surface area contributed by atoms with E-state index in [2.05, 4.69) is 10.6 Å². The fourth-order valence-corrected chi connectivity index (χ4v) is 3.23. The minimum absolute atomic E-state index is 0.118. The second-order valence-electron chi connectivity index (χ2n) is 6.29. The first-order valence-corrected chi connectivity index (χ1v) is 8.87. The number of hydrogen-bond acceptors (Lipinski definition) is 5. The Morgan fingerprint density at radius 2 is 2.04 bits per heavy atom.